The standard InChI is InChI=1S/C5H7N3O4S/c9-5(10)3-13(11,12)8-4-1-2-6-7-4/h1-2H,3H2,(H,9,10)(H2,6,7,8). The van der Waals surface area contributed by atoms with E-state index in [0.29, 0.717) is 0 Å². The maximum atomic E-state index is 11.0. The summed E-state index contributed by atoms with van der Waals surface area (Å²) < 4.78 is 23.9. The first-order valence-electron chi connectivity index (χ1n) is 3.21. The van der Waals surface area contributed by atoms with Crippen LogP contribution in [0.1, 0.15) is 0 Å². The predicted octanol–water partition coefficient (Wildman–Crippen LogP) is -0.764. The Kier molecular flexibility index (Phi) is 2.52. The maximum Gasteiger partial charge on any atom is 0.320 e. The lowest BCUT2D eigenvalue weighted by Gasteiger charge is -2.01. The lowest BCUT2D eigenvalue weighted by molar-refractivity contribution is -0.134. The van der Waals surface area contributed by atoms with Gasteiger partial charge in [0.25, 0.3) is 0 Å². The van der Waals surface area contributed by atoms with E-state index in [9.17, 15) is 13.2 Å². The Labute approximate surface area is 73.8 Å². The molecule has 0 aromatic carbocycles. The molecule has 0 fully saturated rings. The third-order valence-electron chi connectivity index (χ3n) is 1.08. The number of nitrogens with one attached hydrogen (secondary N) is 2. The first kappa shape index (κ1) is 9.52. The molecule has 0 spiro atoms. The van der Waals surface area contributed by atoms with E-state index in [1.165, 1.54) is 12.3 Å². The van der Waals surface area contributed by atoms with Gasteiger partial charge >= 0.3 is 5.97 Å². The third kappa shape index (κ3) is 3.11. The first-order valence-corrected chi connectivity index (χ1v) is 4.86. The molecule has 0 aliphatic heterocycles. The molecule has 0 radical (unpaired) electrons. The molecule has 0 atom stereocenters. The van der Waals surface area contributed by atoms with Gasteiger partial charge in [0, 0.05) is 6.07 Å². The minimum atomic E-state index is -3.82. The van der Waals surface area contributed by atoms with Gasteiger partial charge in [-0.05, 0) is 0 Å². The molecular weight excluding hydrogens is 198 g/mol. The van der Waals surface area contributed by atoms with Crippen LogP contribution in [-0.2, 0) is 14.8 Å². The second-order valence-corrected chi connectivity index (χ2v) is 3.95. The van der Waals surface area contributed by atoms with Crippen LogP contribution in [0.2, 0.25) is 0 Å². The highest BCUT2D eigenvalue weighted by Crippen LogP contribution is 2.02. The van der Waals surface area contributed by atoms with Gasteiger partial charge in [0.2, 0.25) is 10.0 Å². The number of hydrogen-bond acceptors (Lipinski definition) is 4. The van der Waals surface area contributed by atoms with Crippen molar-refractivity contribution < 1.29 is 18.3 Å². The van der Waals surface area contributed by atoms with E-state index in [4.69, 9.17) is 5.11 Å². The number of anilines is 1. The van der Waals surface area contributed by atoms with Gasteiger partial charge in [0.15, 0.2) is 5.75 Å². The van der Waals surface area contributed by atoms with E-state index in [-0.39, 0.29) is 5.82 Å². The van der Waals surface area contributed by atoms with Crippen molar-refractivity contribution in [1.82, 2.24) is 10.2 Å². The van der Waals surface area contributed by atoms with E-state index in [1.807, 2.05) is 4.72 Å². The van der Waals surface area contributed by atoms with Crippen molar-refractivity contribution in [3.05, 3.63) is 12.3 Å². The number of carboxylic acid groups (broad SMARTS) is 1. The summed E-state index contributed by atoms with van der Waals surface area (Å²) in [6.45, 7) is 0. The van der Waals surface area contributed by atoms with Crippen molar-refractivity contribution in [1.29, 1.82) is 0 Å². The number of aromatic nitrogens is 2. The molecule has 72 valence electrons. The van der Waals surface area contributed by atoms with E-state index >= 15 is 0 Å². The minimum absolute atomic E-state index is 0.140. The largest absolute Gasteiger partial charge is 0.480 e. The van der Waals surface area contributed by atoms with Crippen LogP contribution in [0.4, 0.5) is 5.82 Å². The normalized spacial score (nSPS) is 11.1. The highest BCUT2D eigenvalue weighted by Gasteiger charge is 2.15. The topological polar surface area (TPSA) is 112 Å². The van der Waals surface area contributed by atoms with Crippen molar-refractivity contribution in [2.24, 2.45) is 0 Å². The molecule has 1 aromatic rings. The zero-order valence-electron chi connectivity index (χ0n) is 6.39. The molecular formula is C5H7N3O4S. The number of carbonyl (C=O) groups is 1. The van der Waals surface area contributed by atoms with Crippen molar-refractivity contribution in [2.75, 3.05) is 10.5 Å². The van der Waals surface area contributed by atoms with Crippen LogP contribution < -0.4 is 4.72 Å². The fourth-order valence-electron chi connectivity index (χ4n) is 0.679. The number of nitrogens with zero attached hydrogens (tertiary/aromatic N) is 1. The summed E-state index contributed by atoms with van der Waals surface area (Å²) in [5, 5.41) is 14.1. The summed E-state index contributed by atoms with van der Waals surface area (Å²) in [5.41, 5.74) is 0. The van der Waals surface area contributed by atoms with Gasteiger partial charge < -0.3 is 5.11 Å². The van der Waals surface area contributed by atoms with Crippen molar-refractivity contribution in [3.8, 4) is 0 Å². The van der Waals surface area contributed by atoms with Crippen LogP contribution in [0.5, 0.6) is 0 Å². The molecule has 1 heterocycles. The number of aliphatic carboxylic acids is 1. The van der Waals surface area contributed by atoms with Crippen LogP contribution in [0.3, 0.4) is 0 Å². The summed E-state index contributed by atoms with van der Waals surface area (Å²) in [5.74, 6) is -2.24. The average Bonchev–Trinajstić information content (AvgIpc) is 2.34. The molecule has 0 aliphatic carbocycles. The molecule has 13 heavy (non-hydrogen) atoms. The maximum absolute atomic E-state index is 11.0. The van der Waals surface area contributed by atoms with Crippen molar-refractivity contribution >= 4 is 21.8 Å². The first-order chi connectivity index (χ1) is 5.99. The van der Waals surface area contributed by atoms with Gasteiger partial charge in [-0.25, -0.2) is 8.42 Å². The van der Waals surface area contributed by atoms with Gasteiger partial charge in [-0.2, -0.15) is 5.10 Å². The lowest BCUT2D eigenvalue weighted by atomic mass is 10.7. The van der Waals surface area contributed by atoms with Crippen LogP contribution >= 0.6 is 0 Å². The summed E-state index contributed by atoms with van der Waals surface area (Å²) >= 11 is 0. The summed E-state index contributed by atoms with van der Waals surface area (Å²) in [4.78, 5) is 10.1. The molecule has 7 nitrogen and oxygen atoms in total. The Balaban J connectivity index is 2.68. The molecule has 3 N–H and O–H groups in total. The molecule has 0 saturated carbocycles. The van der Waals surface area contributed by atoms with Crippen molar-refractivity contribution in [2.45, 2.75) is 0 Å². The van der Waals surface area contributed by atoms with Crippen LogP contribution in [0, 0.1) is 0 Å². The van der Waals surface area contributed by atoms with E-state index < -0.39 is 21.7 Å². The Morgan fingerprint density at radius 2 is 2.38 bits per heavy atom. The van der Waals surface area contributed by atoms with Crippen molar-refractivity contribution in [3.63, 3.8) is 0 Å². The average molecular weight is 205 g/mol. The van der Waals surface area contributed by atoms with Crippen LogP contribution in [0.25, 0.3) is 0 Å². The Morgan fingerprint density at radius 1 is 1.69 bits per heavy atom. The Morgan fingerprint density at radius 3 is 2.85 bits per heavy atom. The fourth-order valence-corrected chi connectivity index (χ4v) is 1.52. The molecule has 1 aromatic heterocycles. The molecule has 0 saturated heterocycles. The second-order valence-electron chi connectivity index (χ2n) is 2.23. The second kappa shape index (κ2) is 3.44. The number of H-pyrrole nitrogens is 1. The van der Waals surface area contributed by atoms with E-state index in [0.717, 1.165) is 0 Å². The fraction of sp³-hybridized carbons (Fsp3) is 0.200. The van der Waals surface area contributed by atoms with E-state index in [1.54, 1.807) is 0 Å². The number of hydrogen-bond donors (Lipinski definition) is 3. The van der Waals surface area contributed by atoms with Gasteiger partial charge in [0.05, 0.1) is 6.20 Å². The van der Waals surface area contributed by atoms with E-state index in [2.05, 4.69) is 10.2 Å². The lowest BCUT2D eigenvalue weighted by Crippen LogP contribution is -2.22. The predicted molar refractivity (Wildman–Crippen MR) is 43.6 cm³/mol. The number of aromatic amines is 1. The molecule has 0 bridgehead atoms. The molecule has 0 amide bonds. The molecule has 0 unspecified atom stereocenters. The minimum Gasteiger partial charge on any atom is -0.480 e. The monoisotopic (exact) mass is 205 g/mol. The SMILES string of the molecule is O=C(O)CS(=O)(=O)Nc1ccn[nH]1. The smallest absolute Gasteiger partial charge is 0.320 e. The van der Waals surface area contributed by atoms with Gasteiger partial charge in [-0.1, -0.05) is 0 Å². The highest BCUT2D eigenvalue weighted by atomic mass is 32.2. The Bertz CT molecular complexity index is 382. The molecule has 8 heteroatoms. The van der Waals surface area contributed by atoms with Gasteiger partial charge in [-0.3, -0.25) is 14.6 Å². The molecule has 0 aliphatic rings. The Hall–Kier alpha value is -1.57. The number of rotatable bonds is 4. The van der Waals surface area contributed by atoms with Gasteiger partial charge in [-0.15, -0.1) is 0 Å². The van der Waals surface area contributed by atoms with Crippen LogP contribution in [0.15, 0.2) is 12.3 Å². The van der Waals surface area contributed by atoms with Gasteiger partial charge in [0.1, 0.15) is 5.82 Å². The third-order valence-corrected chi connectivity index (χ3v) is 2.24. The molecule has 1 rings (SSSR count). The zero-order valence-corrected chi connectivity index (χ0v) is 7.21. The van der Waals surface area contributed by atoms with Crippen LogP contribution in [-0.4, -0.2) is 35.4 Å². The number of carboxylic acids is 1. The highest BCUT2D eigenvalue weighted by molar-refractivity contribution is 7.93. The number of sulfonamides is 1. The summed E-state index contributed by atoms with van der Waals surface area (Å²) in [6, 6.07) is 1.37. The zero-order chi connectivity index (χ0) is 9.90. The quantitative estimate of drug-likeness (QED) is 0.597. The summed E-state index contributed by atoms with van der Waals surface area (Å²) in [6.07, 6.45) is 1.35. The summed E-state index contributed by atoms with van der Waals surface area (Å²) in [7, 11) is -3.82.